The normalized spacial score (nSPS) is 25.1. The first-order valence-corrected chi connectivity index (χ1v) is 7.02. The van der Waals surface area contributed by atoms with Crippen LogP contribution in [0, 0.1) is 0 Å². The molecule has 1 atom stereocenters. The predicted molar refractivity (Wildman–Crippen MR) is 75.7 cm³/mol. The minimum absolute atomic E-state index is 0.0913. The molecule has 1 unspecified atom stereocenters. The Labute approximate surface area is 121 Å². The van der Waals surface area contributed by atoms with Crippen molar-refractivity contribution in [3.8, 4) is 0 Å². The lowest BCUT2D eigenvalue weighted by molar-refractivity contribution is -0.131. The Morgan fingerprint density at radius 1 is 1.43 bits per heavy atom. The highest BCUT2D eigenvalue weighted by atomic mass is 19.1. The average Bonchev–Trinajstić information content (AvgIpc) is 2.84. The van der Waals surface area contributed by atoms with Crippen LogP contribution in [0.25, 0.3) is 0 Å². The molecule has 1 aliphatic carbocycles. The second kappa shape index (κ2) is 5.85. The van der Waals surface area contributed by atoms with Gasteiger partial charge in [0.2, 0.25) is 5.91 Å². The van der Waals surface area contributed by atoms with Crippen LogP contribution in [0.1, 0.15) is 12.8 Å². The number of hydrogen-bond donors (Lipinski definition) is 1. The first-order chi connectivity index (χ1) is 10.1. The summed E-state index contributed by atoms with van der Waals surface area (Å²) >= 11 is 0. The maximum atomic E-state index is 13.5. The molecule has 7 heteroatoms. The first kappa shape index (κ1) is 14.1. The number of carbonyl (C=O) groups is 1. The fourth-order valence-corrected chi connectivity index (χ4v) is 2.59. The number of aliphatic imine (C=N–C) groups is 2. The number of carbonyl (C=O) groups excluding carboxylic acids is 1. The number of nitrogens with one attached hydrogen (secondary N) is 1. The lowest BCUT2D eigenvalue weighted by atomic mass is 10.1. The van der Waals surface area contributed by atoms with Crippen LogP contribution in [-0.4, -0.2) is 54.6 Å². The molecule has 0 saturated carbocycles. The van der Waals surface area contributed by atoms with E-state index in [2.05, 4.69) is 15.3 Å². The van der Waals surface area contributed by atoms with Crippen LogP contribution in [0.2, 0.25) is 0 Å². The summed E-state index contributed by atoms with van der Waals surface area (Å²) in [6.45, 7) is 2.52. The highest BCUT2D eigenvalue weighted by molar-refractivity contribution is 6.15. The minimum Gasteiger partial charge on any atom is -0.340 e. The Morgan fingerprint density at radius 3 is 3.10 bits per heavy atom. The summed E-state index contributed by atoms with van der Waals surface area (Å²) in [6.07, 6.45) is 3.35. The first-order valence-electron chi connectivity index (χ1n) is 7.02. The molecule has 5 nitrogen and oxygen atoms in total. The van der Waals surface area contributed by atoms with Gasteiger partial charge < -0.3 is 10.2 Å². The maximum Gasteiger partial charge on any atom is 0.236 e. The number of amidine groups is 1. The molecule has 2 heterocycles. The molecule has 0 radical (unpaired) electrons. The third-order valence-corrected chi connectivity index (χ3v) is 3.66. The number of allylic oxidation sites excluding steroid dienone is 2. The molecule has 0 aromatic rings. The predicted octanol–water partition coefficient (Wildman–Crippen LogP) is 1.14. The van der Waals surface area contributed by atoms with E-state index in [1.807, 2.05) is 0 Å². The molecule has 3 aliphatic rings. The molecule has 1 N–H and O–H groups in total. The van der Waals surface area contributed by atoms with Gasteiger partial charge >= 0.3 is 0 Å². The van der Waals surface area contributed by atoms with E-state index in [-0.39, 0.29) is 11.6 Å². The van der Waals surface area contributed by atoms with E-state index in [9.17, 15) is 13.6 Å². The zero-order valence-corrected chi connectivity index (χ0v) is 11.5. The monoisotopic (exact) mass is 294 g/mol. The molecular formula is C14H16F2N4O. The van der Waals surface area contributed by atoms with Crippen molar-refractivity contribution in [3.63, 3.8) is 0 Å². The second-order valence-electron chi connectivity index (χ2n) is 5.19. The standard InChI is InChI=1S/C14H16F2N4O/c15-9-6-10(16)14-11(7-9)18-12(19-14)2-1-4-20-5-3-17-8-13(20)21/h6-7,11,17H,1-5,8H2. The largest absolute Gasteiger partial charge is 0.340 e. The number of piperazine rings is 1. The average molecular weight is 294 g/mol. The van der Waals surface area contributed by atoms with Crippen molar-refractivity contribution >= 4 is 17.5 Å². The fraction of sp³-hybridized carbons (Fsp3) is 0.500. The van der Waals surface area contributed by atoms with Crippen molar-refractivity contribution in [1.29, 1.82) is 0 Å². The van der Waals surface area contributed by atoms with E-state index in [0.29, 0.717) is 38.3 Å². The zero-order valence-electron chi connectivity index (χ0n) is 11.5. The van der Waals surface area contributed by atoms with E-state index in [4.69, 9.17) is 0 Å². The summed E-state index contributed by atoms with van der Waals surface area (Å²) in [5, 5.41) is 3.01. The van der Waals surface area contributed by atoms with Gasteiger partial charge in [-0.25, -0.2) is 13.8 Å². The van der Waals surface area contributed by atoms with E-state index < -0.39 is 17.7 Å². The van der Waals surface area contributed by atoms with Crippen molar-refractivity contribution in [2.75, 3.05) is 26.2 Å². The third-order valence-electron chi connectivity index (χ3n) is 3.66. The molecular weight excluding hydrogens is 278 g/mol. The van der Waals surface area contributed by atoms with Gasteiger partial charge in [0, 0.05) is 32.1 Å². The summed E-state index contributed by atoms with van der Waals surface area (Å²) in [6, 6.07) is -0.634. The van der Waals surface area contributed by atoms with Crippen LogP contribution in [0.15, 0.2) is 33.8 Å². The Bertz CT molecular complexity index is 580. The van der Waals surface area contributed by atoms with E-state index in [0.717, 1.165) is 12.6 Å². The van der Waals surface area contributed by atoms with Gasteiger partial charge in [-0.15, -0.1) is 0 Å². The van der Waals surface area contributed by atoms with Gasteiger partial charge in [0.25, 0.3) is 0 Å². The molecule has 1 saturated heterocycles. The number of halogens is 2. The lowest BCUT2D eigenvalue weighted by Crippen LogP contribution is -2.48. The number of fused-ring (bicyclic) bond motifs is 1. The van der Waals surface area contributed by atoms with E-state index >= 15 is 0 Å². The van der Waals surface area contributed by atoms with Crippen LogP contribution < -0.4 is 5.32 Å². The Balaban J connectivity index is 1.54. The molecule has 21 heavy (non-hydrogen) atoms. The Morgan fingerprint density at radius 2 is 2.29 bits per heavy atom. The van der Waals surface area contributed by atoms with E-state index in [1.54, 1.807) is 4.90 Å². The van der Waals surface area contributed by atoms with Gasteiger partial charge in [-0.05, 0) is 12.5 Å². The van der Waals surface area contributed by atoms with Crippen LogP contribution in [0.3, 0.4) is 0 Å². The number of nitrogens with zero attached hydrogens (tertiary/aromatic N) is 3. The summed E-state index contributed by atoms with van der Waals surface area (Å²) in [5.41, 5.74) is 0.185. The topological polar surface area (TPSA) is 57.1 Å². The second-order valence-corrected chi connectivity index (χ2v) is 5.19. The third kappa shape index (κ3) is 3.07. The van der Waals surface area contributed by atoms with Gasteiger partial charge in [-0.2, -0.15) is 0 Å². The van der Waals surface area contributed by atoms with Crippen LogP contribution in [-0.2, 0) is 4.79 Å². The molecule has 112 valence electrons. The molecule has 0 aromatic heterocycles. The van der Waals surface area contributed by atoms with Crippen molar-refractivity contribution in [2.24, 2.45) is 9.98 Å². The van der Waals surface area contributed by atoms with Gasteiger partial charge in [-0.3, -0.25) is 9.79 Å². The van der Waals surface area contributed by atoms with E-state index in [1.165, 1.54) is 6.08 Å². The Hall–Kier alpha value is -1.89. The van der Waals surface area contributed by atoms with Gasteiger partial charge in [-0.1, -0.05) is 0 Å². The minimum atomic E-state index is -0.656. The lowest BCUT2D eigenvalue weighted by Gasteiger charge is -2.27. The highest BCUT2D eigenvalue weighted by Crippen LogP contribution is 2.24. The summed E-state index contributed by atoms with van der Waals surface area (Å²) in [7, 11) is 0. The molecule has 1 fully saturated rings. The van der Waals surface area contributed by atoms with Crippen molar-refractivity contribution in [3.05, 3.63) is 23.8 Å². The molecule has 0 bridgehead atoms. The van der Waals surface area contributed by atoms with Crippen molar-refractivity contribution in [2.45, 2.75) is 18.9 Å². The van der Waals surface area contributed by atoms with Crippen LogP contribution >= 0.6 is 0 Å². The Kier molecular flexibility index (Phi) is 3.92. The van der Waals surface area contributed by atoms with Gasteiger partial charge in [0.15, 0.2) is 0 Å². The number of rotatable bonds is 4. The van der Waals surface area contributed by atoms with Crippen LogP contribution in [0.5, 0.6) is 0 Å². The summed E-state index contributed by atoms with van der Waals surface area (Å²) in [4.78, 5) is 21.7. The van der Waals surface area contributed by atoms with Crippen molar-refractivity contribution in [1.82, 2.24) is 10.2 Å². The number of amides is 1. The quantitative estimate of drug-likeness (QED) is 0.845. The maximum absolute atomic E-state index is 13.5. The molecule has 3 rings (SSSR count). The van der Waals surface area contributed by atoms with Crippen molar-refractivity contribution < 1.29 is 13.6 Å². The zero-order chi connectivity index (χ0) is 14.8. The summed E-state index contributed by atoms with van der Waals surface area (Å²) in [5.74, 6) is -0.662. The highest BCUT2D eigenvalue weighted by Gasteiger charge is 2.28. The SMILES string of the molecule is O=C1CNCCN1CCCC1=NC2C=C(F)C=C(F)C2=N1. The molecule has 1 amide bonds. The fourth-order valence-electron chi connectivity index (χ4n) is 2.59. The molecule has 2 aliphatic heterocycles. The van der Waals surface area contributed by atoms with Gasteiger partial charge in [0.05, 0.1) is 6.54 Å². The number of hydrogen-bond acceptors (Lipinski definition) is 4. The van der Waals surface area contributed by atoms with Gasteiger partial charge in [0.1, 0.15) is 29.2 Å². The molecule has 0 spiro atoms. The summed E-state index contributed by atoms with van der Waals surface area (Å²) < 4.78 is 26.7. The smallest absolute Gasteiger partial charge is 0.236 e. The molecule has 0 aromatic carbocycles. The van der Waals surface area contributed by atoms with Crippen LogP contribution in [0.4, 0.5) is 8.78 Å².